The third-order valence-electron chi connectivity index (χ3n) is 4.09. The second kappa shape index (κ2) is 9.48. The Bertz CT molecular complexity index is 783. The van der Waals surface area contributed by atoms with Gasteiger partial charge in [0.1, 0.15) is 19.0 Å². The summed E-state index contributed by atoms with van der Waals surface area (Å²) >= 11 is 6.00. The molecule has 2 aromatic rings. The zero-order valence-corrected chi connectivity index (χ0v) is 15.6. The van der Waals surface area contributed by atoms with Gasteiger partial charge in [0.15, 0.2) is 11.5 Å². The van der Waals surface area contributed by atoms with Crippen LogP contribution in [0.2, 0.25) is 5.02 Å². The van der Waals surface area contributed by atoms with Gasteiger partial charge in [0.25, 0.3) is 0 Å². The van der Waals surface area contributed by atoms with Crippen LogP contribution in [0.4, 0.5) is 0 Å². The van der Waals surface area contributed by atoms with E-state index in [0.29, 0.717) is 60.5 Å². The molecule has 0 aromatic heterocycles. The summed E-state index contributed by atoms with van der Waals surface area (Å²) < 4.78 is 16.5. The Morgan fingerprint density at radius 1 is 1.19 bits per heavy atom. The average molecular weight is 392 g/mol. The molecular weight excluding hydrogens is 370 g/mol. The number of benzene rings is 2. The lowest BCUT2D eigenvalue weighted by molar-refractivity contribution is -0.121. The van der Waals surface area contributed by atoms with Crippen LogP contribution in [0.5, 0.6) is 17.2 Å². The van der Waals surface area contributed by atoms with Gasteiger partial charge in [-0.2, -0.15) is 0 Å². The molecule has 0 bridgehead atoms. The summed E-state index contributed by atoms with van der Waals surface area (Å²) in [6, 6.07) is 12.5. The highest BCUT2D eigenvalue weighted by atomic mass is 35.5. The van der Waals surface area contributed by atoms with Gasteiger partial charge in [0.05, 0.1) is 17.7 Å². The van der Waals surface area contributed by atoms with Crippen molar-refractivity contribution in [3.05, 3.63) is 53.1 Å². The molecule has 0 aliphatic carbocycles. The lowest BCUT2D eigenvalue weighted by atomic mass is 10.1. The van der Waals surface area contributed by atoms with Crippen LogP contribution in [0, 0.1) is 0 Å². The van der Waals surface area contributed by atoms with Gasteiger partial charge in [-0.3, -0.25) is 4.79 Å². The van der Waals surface area contributed by atoms with Crippen LogP contribution < -0.4 is 19.5 Å². The first kappa shape index (κ1) is 19.3. The van der Waals surface area contributed by atoms with E-state index in [1.165, 1.54) is 0 Å². The van der Waals surface area contributed by atoms with Crippen LogP contribution >= 0.6 is 11.6 Å². The molecule has 2 aromatic carbocycles. The van der Waals surface area contributed by atoms with Crippen LogP contribution in [0.25, 0.3) is 0 Å². The lowest BCUT2D eigenvalue weighted by Gasteiger charge is -2.20. The maximum absolute atomic E-state index is 11.9. The van der Waals surface area contributed by atoms with Crippen molar-refractivity contribution in [2.75, 3.05) is 26.4 Å². The number of halogens is 1. The van der Waals surface area contributed by atoms with E-state index in [4.69, 9.17) is 25.8 Å². The number of rotatable bonds is 8. The van der Waals surface area contributed by atoms with E-state index < -0.39 is 6.10 Å². The Balaban J connectivity index is 1.38. The molecule has 6 nitrogen and oxygen atoms in total. The molecule has 1 amide bonds. The zero-order valence-electron chi connectivity index (χ0n) is 14.8. The monoisotopic (exact) mass is 391 g/mol. The van der Waals surface area contributed by atoms with Gasteiger partial charge >= 0.3 is 0 Å². The van der Waals surface area contributed by atoms with Crippen molar-refractivity contribution in [3.8, 4) is 17.2 Å². The van der Waals surface area contributed by atoms with Crippen molar-refractivity contribution in [3.63, 3.8) is 0 Å². The number of hydrogen-bond acceptors (Lipinski definition) is 5. The minimum atomic E-state index is -0.816. The standard InChI is InChI=1S/C20H22ClNO5/c21-15-4-1-2-5-17(15)25-9-3-6-20(24)22-13-16(23)14-7-8-18-19(12-14)27-11-10-26-18/h1-2,4-5,7-8,12,16,23H,3,6,9-11,13H2,(H,22,24). The molecule has 7 heteroatoms. The molecule has 3 rings (SSSR count). The van der Waals surface area contributed by atoms with Crippen molar-refractivity contribution >= 4 is 17.5 Å². The van der Waals surface area contributed by atoms with Gasteiger partial charge in [-0.05, 0) is 36.2 Å². The van der Waals surface area contributed by atoms with Crippen molar-refractivity contribution in [1.29, 1.82) is 0 Å². The van der Waals surface area contributed by atoms with Crippen LogP contribution in [-0.2, 0) is 4.79 Å². The van der Waals surface area contributed by atoms with Crippen LogP contribution in [0.15, 0.2) is 42.5 Å². The van der Waals surface area contributed by atoms with Crippen molar-refractivity contribution in [1.82, 2.24) is 5.32 Å². The number of amides is 1. The predicted molar refractivity (Wildman–Crippen MR) is 102 cm³/mol. The largest absolute Gasteiger partial charge is 0.492 e. The number of fused-ring (bicyclic) bond motifs is 1. The minimum Gasteiger partial charge on any atom is -0.492 e. The van der Waals surface area contributed by atoms with Gasteiger partial charge in [-0.1, -0.05) is 29.8 Å². The molecule has 27 heavy (non-hydrogen) atoms. The fraction of sp³-hybridized carbons (Fsp3) is 0.350. The Morgan fingerprint density at radius 2 is 1.96 bits per heavy atom. The first-order chi connectivity index (χ1) is 13.1. The van der Waals surface area contributed by atoms with Crippen LogP contribution in [0.1, 0.15) is 24.5 Å². The highest BCUT2D eigenvalue weighted by Gasteiger charge is 2.16. The van der Waals surface area contributed by atoms with E-state index in [0.717, 1.165) is 0 Å². The Morgan fingerprint density at radius 3 is 2.78 bits per heavy atom. The molecule has 0 radical (unpaired) electrons. The highest BCUT2D eigenvalue weighted by molar-refractivity contribution is 6.32. The summed E-state index contributed by atoms with van der Waals surface area (Å²) in [5.41, 5.74) is 0.668. The molecule has 0 spiro atoms. The molecule has 1 aliphatic rings. The summed E-state index contributed by atoms with van der Waals surface area (Å²) in [5.74, 6) is 1.74. The van der Waals surface area contributed by atoms with Gasteiger partial charge < -0.3 is 24.6 Å². The number of aliphatic hydroxyl groups is 1. The molecule has 1 unspecified atom stereocenters. The first-order valence-corrected chi connectivity index (χ1v) is 9.23. The van der Waals surface area contributed by atoms with E-state index in [1.807, 2.05) is 12.1 Å². The number of ether oxygens (including phenoxy) is 3. The molecule has 2 N–H and O–H groups in total. The van der Waals surface area contributed by atoms with Crippen LogP contribution in [0.3, 0.4) is 0 Å². The fourth-order valence-corrected chi connectivity index (χ4v) is 2.85. The summed E-state index contributed by atoms with van der Waals surface area (Å²) in [5, 5.41) is 13.5. The van der Waals surface area contributed by atoms with Gasteiger partial charge in [-0.25, -0.2) is 0 Å². The Kier molecular flexibility index (Phi) is 6.79. The second-order valence-electron chi connectivity index (χ2n) is 6.11. The van der Waals surface area contributed by atoms with Gasteiger partial charge in [0, 0.05) is 13.0 Å². The van der Waals surface area contributed by atoms with E-state index in [1.54, 1.807) is 30.3 Å². The van der Waals surface area contributed by atoms with E-state index >= 15 is 0 Å². The molecule has 144 valence electrons. The second-order valence-corrected chi connectivity index (χ2v) is 6.51. The third kappa shape index (κ3) is 5.52. The number of aliphatic hydroxyl groups excluding tert-OH is 1. The Hall–Kier alpha value is -2.44. The van der Waals surface area contributed by atoms with Crippen molar-refractivity contribution in [2.24, 2.45) is 0 Å². The third-order valence-corrected chi connectivity index (χ3v) is 4.40. The number of hydrogen-bond donors (Lipinski definition) is 2. The maximum Gasteiger partial charge on any atom is 0.220 e. The molecule has 1 atom stereocenters. The topological polar surface area (TPSA) is 77.0 Å². The number of nitrogens with one attached hydrogen (secondary N) is 1. The Labute approximate surface area is 163 Å². The zero-order chi connectivity index (χ0) is 19.1. The summed E-state index contributed by atoms with van der Waals surface area (Å²) in [6.45, 7) is 1.52. The molecule has 0 saturated heterocycles. The fourth-order valence-electron chi connectivity index (χ4n) is 2.66. The quantitative estimate of drug-likeness (QED) is 0.676. The summed E-state index contributed by atoms with van der Waals surface area (Å²) in [7, 11) is 0. The van der Waals surface area contributed by atoms with Crippen LogP contribution in [-0.4, -0.2) is 37.4 Å². The predicted octanol–water partition coefficient (Wildman–Crippen LogP) is 3.12. The molecule has 0 saturated carbocycles. The highest BCUT2D eigenvalue weighted by Crippen LogP contribution is 2.32. The number of carbonyl (C=O) groups excluding carboxylic acids is 1. The minimum absolute atomic E-state index is 0.129. The molecule has 1 aliphatic heterocycles. The number of carbonyl (C=O) groups is 1. The summed E-state index contributed by atoms with van der Waals surface area (Å²) in [4.78, 5) is 11.9. The maximum atomic E-state index is 11.9. The van der Waals surface area contributed by atoms with Gasteiger partial charge in [0.2, 0.25) is 5.91 Å². The van der Waals surface area contributed by atoms with E-state index in [-0.39, 0.29) is 12.5 Å². The summed E-state index contributed by atoms with van der Waals surface area (Å²) in [6.07, 6.45) is 0.0410. The van der Waals surface area contributed by atoms with Crippen molar-refractivity contribution in [2.45, 2.75) is 18.9 Å². The number of para-hydroxylation sites is 1. The van der Waals surface area contributed by atoms with E-state index in [2.05, 4.69) is 5.32 Å². The van der Waals surface area contributed by atoms with E-state index in [9.17, 15) is 9.90 Å². The van der Waals surface area contributed by atoms with Gasteiger partial charge in [-0.15, -0.1) is 0 Å². The molecule has 1 heterocycles. The normalized spacial score (nSPS) is 13.7. The molecular formula is C20H22ClNO5. The van der Waals surface area contributed by atoms with Crippen molar-refractivity contribution < 1.29 is 24.1 Å². The smallest absolute Gasteiger partial charge is 0.220 e. The lowest BCUT2D eigenvalue weighted by Crippen LogP contribution is -2.28. The first-order valence-electron chi connectivity index (χ1n) is 8.85. The SMILES string of the molecule is O=C(CCCOc1ccccc1Cl)NCC(O)c1ccc2c(c1)OCCO2. The molecule has 0 fully saturated rings. The average Bonchev–Trinajstić information content (AvgIpc) is 2.70.